The second-order valence-electron chi connectivity index (χ2n) is 5.77. The van der Waals surface area contributed by atoms with Crippen molar-refractivity contribution in [2.45, 2.75) is 38.5 Å². The van der Waals surface area contributed by atoms with Crippen LogP contribution in [0, 0.1) is 13.8 Å². The predicted molar refractivity (Wildman–Crippen MR) is 87.7 cm³/mol. The van der Waals surface area contributed by atoms with Crippen LogP contribution in [0.5, 0.6) is 0 Å². The molecule has 1 amide bonds. The molecule has 1 unspecified atom stereocenters. The Kier molecular flexibility index (Phi) is 4.54. The number of carbonyl (C=O) groups is 1. The highest BCUT2D eigenvalue weighted by Crippen LogP contribution is 2.18. The number of morpholine rings is 1. The summed E-state index contributed by atoms with van der Waals surface area (Å²) in [7, 11) is 0. The smallest absolute Gasteiger partial charge is 0.253 e. The minimum Gasteiger partial charge on any atom is -0.375 e. The second-order valence-corrected chi connectivity index (χ2v) is 6.54. The molecule has 8 heteroatoms. The van der Waals surface area contributed by atoms with Gasteiger partial charge in [0, 0.05) is 30.0 Å². The number of carbonyl (C=O) groups excluding carboxylic acids is 1. The summed E-state index contributed by atoms with van der Waals surface area (Å²) < 4.78 is 7.22. The molecule has 1 saturated heterocycles. The van der Waals surface area contributed by atoms with E-state index in [4.69, 9.17) is 4.74 Å². The molecule has 0 aliphatic carbocycles. The highest BCUT2D eigenvalue weighted by atomic mass is 32.2. The average molecular weight is 335 g/mol. The van der Waals surface area contributed by atoms with Gasteiger partial charge in [-0.05, 0) is 27.0 Å². The third-order valence-electron chi connectivity index (χ3n) is 4.13. The van der Waals surface area contributed by atoms with Crippen molar-refractivity contribution in [3.63, 3.8) is 0 Å². The van der Waals surface area contributed by atoms with Crippen LogP contribution < -0.4 is 0 Å². The summed E-state index contributed by atoms with van der Waals surface area (Å²) in [4.78, 5) is 23.3. The maximum Gasteiger partial charge on any atom is 0.253 e. The molecule has 3 rings (SSSR count). The van der Waals surface area contributed by atoms with E-state index in [1.807, 2.05) is 31.9 Å². The number of hydrogen-bond donors (Lipinski definition) is 0. The van der Waals surface area contributed by atoms with Gasteiger partial charge in [0.15, 0.2) is 0 Å². The first-order chi connectivity index (χ1) is 11.0. The van der Waals surface area contributed by atoms with Crippen LogP contribution in [-0.4, -0.2) is 62.4 Å². The molecule has 1 fully saturated rings. The van der Waals surface area contributed by atoms with Gasteiger partial charge in [-0.2, -0.15) is 4.98 Å². The van der Waals surface area contributed by atoms with E-state index in [0.717, 1.165) is 17.0 Å². The van der Waals surface area contributed by atoms with Crippen LogP contribution in [0.3, 0.4) is 0 Å². The number of nitrogens with zero attached hydrogens (tertiary/aromatic N) is 5. The molecule has 3 heterocycles. The standard InChI is InChI=1S/C15H21N5O2S/c1-9-8-19(5-6-22-9)13(21)7-12-10(2)16-14-17-15(23-4)18-20(14)11(12)3/h9H,5-8H2,1-4H3. The largest absolute Gasteiger partial charge is 0.375 e. The van der Waals surface area contributed by atoms with Crippen LogP contribution in [0.1, 0.15) is 23.9 Å². The number of aromatic nitrogens is 4. The molecule has 0 radical (unpaired) electrons. The number of thioether (sulfide) groups is 1. The molecule has 124 valence electrons. The van der Waals surface area contributed by atoms with Crippen molar-refractivity contribution in [2.75, 3.05) is 26.0 Å². The molecule has 2 aromatic rings. The summed E-state index contributed by atoms with van der Waals surface area (Å²) in [6.45, 7) is 7.77. The molecule has 23 heavy (non-hydrogen) atoms. The Morgan fingerprint density at radius 3 is 2.87 bits per heavy atom. The molecule has 2 aromatic heterocycles. The van der Waals surface area contributed by atoms with Crippen molar-refractivity contribution in [2.24, 2.45) is 0 Å². The van der Waals surface area contributed by atoms with Gasteiger partial charge in [0.05, 0.1) is 19.1 Å². The molecule has 1 aliphatic heterocycles. The maximum atomic E-state index is 12.6. The third-order valence-corrected chi connectivity index (χ3v) is 4.67. The van der Waals surface area contributed by atoms with E-state index in [0.29, 0.717) is 37.1 Å². The van der Waals surface area contributed by atoms with Crippen LogP contribution in [0.15, 0.2) is 5.16 Å². The summed E-state index contributed by atoms with van der Waals surface area (Å²) in [5.41, 5.74) is 2.69. The van der Waals surface area contributed by atoms with Gasteiger partial charge < -0.3 is 9.64 Å². The van der Waals surface area contributed by atoms with E-state index in [2.05, 4.69) is 15.1 Å². The van der Waals surface area contributed by atoms with Crippen molar-refractivity contribution < 1.29 is 9.53 Å². The molecule has 0 spiro atoms. The molecule has 0 N–H and O–H groups in total. The Bertz CT molecular complexity index is 745. The van der Waals surface area contributed by atoms with Crippen LogP contribution in [0.2, 0.25) is 0 Å². The zero-order valence-electron chi connectivity index (χ0n) is 13.9. The van der Waals surface area contributed by atoms with E-state index in [-0.39, 0.29) is 12.0 Å². The lowest BCUT2D eigenvalue weighted by Crippen LogP contribution is -2.45. The number of ether oxygens (including phenoxy) is 1. The van der Waals surface area contributed by atoms with Gasteiger partial charge in [0.1, 0.15) is 0 Å². The summed E-state index contributed by atoms with van der Waals surface area (Å²) in [6, 6.07) is 0. The fraction of sp³-hybridized carbons (Fsp3) is 0.600. The number of fused-ring (bicyclic) bond motifs is 1. The van der Waals surface area contributed by atoms with E-state index in [1.54, 1.807) is 4.52 Å². The number of rotatable bonds is 3. The average Bonchev–Trinajstić information content (AvgIpc) is 2.94. The van der Waals surface area contributed by atoms with Gasteiger partial charge in [-0.15, -0.1) is 5.10 Å². The van der Waals surface area contributed by atoms with Gasteiger partial charge in [0.2, 0.25) is 11.1 Å². The Labute approximate surface area is 139 Å². The Morgan fingerprint density at radius 1 is 1.39 bits per heavy atom. The lowest BCUT2D eigenvalue weighted by molar-refractivity contribution is -0.137. The maximum absolute atomic E-state index is 12.6. The van der Waals surface area contributed by atoms with Crippen LogP contribution in [0.25, 0.3) is 5.78 Å². The summed E-state index contributed by atoms with van der Waals surface area (Å²) in [5, 5.41) is 5.11. The van der Waals surface area contributed by atoms with E-state index in [9.17, 15) is 4.79 Å². The Hall–Kier alpha value is -1.67. The fourth-order valence-corrected chi connectivity index (χ4v) is 3.18. The number of hydrogen-bond acceptors (Lipinski definition) is 6. The topological polar surface area (TPSA) is 72.6 Å². The first kappa shape index (κ1) is 16.2. The lowest BCUT2D eigenvalue weighted by atomic mass is 10.1. The van der Waals surface area contributed by atoms with E-state index < -0.39 is 0 Å². The first-order valence-electron chi connectivity index (χ1n) is 7.65. The summed E-state index contributed by atoms with van der Waals surface area (Å²) in [6.07, 6.45) is 2.36. The predicted octanol–water partition coefficient (Wildman–Crippen LogP) is 1.25. The minimum absolute atomic E-state index is 0.0925. The van der Waals surface area contributed by atoms with E-state index >= 15 is 0 Å². The molecule has 1 atom stereocenters. The molecular formula is C15H21N5O2S. The molecule has 7 nitrogen and oxygen atoms in total. The SMILES string of the molecule is CSc1nc2nc(C)c(CC(=O)N3CCOC(C)C3)c(C)n2n1. The molecule has 0 aromatic carbocycles. The van der Waals surface area contributed by atoms with Crippen molar-refractivity contribution in [3.05, 3.63) is 17.0 Å². The van der Waals surface area contributed by atoms with Crippen LogP contribution in [0.4, 0.5) is 0 Å². The first-order valence-corrected chi connectivity index (χ1v) is 8.88. The third kappa shape index (κ3) is 3.18. The zero-order valence-corrected chi connectivity index (χ0v) is 14.7. The van der Waals surface area contributed by atoms with Crippen molar-refractivity contribution >= 4 is 23.4 Å². The van der Waals surface area contributed by atoms with Gasteiger partial charge >= 0.3 is 0 Å². The molecular weight excluding hydrogens is 314 g/mol. The van der Waals surface area contributed by atoms with Crippen molar-refractivity contribution in [3.8, 4) is 0 Å². The molecule has 1 aliphatic rings. The number of aryl methyl sites for hydroxylation is 2. The molecule has 0 saturated carbocycles. The quantitative estimate of drug-likeness (QED) is 0.786. The second kappa shape index (κ2) is 6.45. The van der Waals surface area contributed by atoms with E-state index in [1.165, 1.54) is 11.8 Å². The van der Waals surface area contributed by atoms with Crippen molar-refractivity contribution in [1.29, 1.82) is 0 Å². The monoisotopic (exact) mass is 335 g/mol. The summed E-state index contributed by atoms with van der Waals surface area (Å²) in [5.74, 6) is 0.693. The lowest BCUT2D eigenvalue weighted by Gasteiger charge is -2.31. The fourth-order valence-electron chi connectivity index (χ4n) is 2.84. The van der Waals surface area contributed by atoms with Crippen molar-refractivity contribution in [1.82, 2.24) is 24.5 Å². The summed E-state index contributed by atoms with van der Waals surface area (Å²) >= 11 is 1.48. The van der Waals surface area contributed by atoms with Crippen LogP contribution >= 0.6 is 11.8 Å². The minimum atomic E-state index is 0.0925. The normalized spacial score (nSPS) is 18.6. The Morgan fingerprint density at radius 2 is 2.17 bits per heavy atom. The Balaban J connectivity index is 1.88. The number of amides is 1. The van der Waals surface area contributed by atoms with Gasteiger partial charge in [-0.25, -0.2) is 9.50 Å². The zero-order chi connectivity index (χ0) is 16.6. The van der Waals surface area contributed by atoms with Gasteiger partial charge in [0.25, 0.3) is 5.78 Å². The van der Waals surface area contributed by atoms with Gasteiger partial charge in [-0.3, -0.25) is 4.79 Å². The molecule has 0 bridgehead atoms. The van der Waals surface area contributed by atoms with Gasteiger partial charge in [-0.1, -0.05) is 11.8 Å². The van der Waals surface area contributed by atoms with Crippen LogP contribution in [-0.2, 0) is 16.0 Å². The highest BCUT2D eigenvalue weighted by molar-refractivity contribution is 7.98. The highest BCUT2D eigenvalue weighted by Gasteiger charge is 2.23.